The van der Waals surface area contributed by atoms with E-state index in [2.05, 4.69) is 15.5 Å². The molecule has 0 aliphatic carbocycles. The summed E-state index contributed by atoms with van der Waals surface area (Å²) < 4.78 is 3.53. The van der Waals surface area contributed by atoms with Gasteiger partial charge in [0.2, 0.25) is 0 Å². The molecule has 23 heavy (non-hydrogen) atoms. The van der Waals surface area contributed by atoms with Crippen molar-refractivity contribution in [2.75, 3.05) is 11.9 Å². The zero-order valence-electron chi connectivity index (χ0n) is 12.8. The van der Waals surface area contributed by atoms with Crippen LogP contribution in [0.15, 0.2) is 42.7 Å². The first-order valence-corrected chi connectivity index (χ1v) is 7.69. The minimum atomic E-state index is 0.0311. The van der Waals surface area contributed by atoms with Gasteiger partial charge in [-0.3, -0.25) is 4.68 Å². The average molecular weight is 332 g/mol. The maximum Gasteiger partial charge on any atom is 0.125 e. The van der Waals surface area contributed by atoms with Gasteiger partial charge in [0.15, 0.2) is 0 Å². The van der Waals surface area contributed by atoms with Crippen LogP contribution in [0.3, 0.4) is 0 Å². The minimum absolute atomic E-state index is 0.0311. The van der Waals surface area contributed by atoms with Crippen LogP contribution in [-0.2, 0) is 20.1 Å². The third kappa shape index (κ3) is 3.72. The fraction of sp³-hybridized carbons (Fsp3) is 0.250. The largest absolute Gasteiger partial charge is 0.394 e. The van der Waals surface area contributed by atoms with Gasteiger partial charge in [-0.25, -0.2) is 4.68 Å². The summed E-state index contributed by atoms with van der Waals surface area (Å²) in [5.74, 6) is 0.854. The van der Waals surface area contributed by atoms with Crippen molar-refractivity contribution in [1.29, 1.82) is 0 Å². The van der Waals surface area contributed by atoms with E-state index in [9.17, 15) is 5.11 Å². The highest BCUT2D eigenvalue weighted by Crippen LogP contribution is 2.24. The maximum atomic E-state index is 9.23. The predicted octanol–water partition coefficient (Wildman–Crippen LogP) is 2.54. The maximum absolute atomic E-state index is 9.23. The quantitative estimate of drug-likeness (QED) is 0.728. The molecule has 0 aliphatic heterocycles. The topological polar surface area (TPSA) is 67.9 Å². The number of nitrogens with one attached hydrogen (secondary N) is 1. The van der Waals surface area contributed by atoms with E-state index < -0.39 is 0 Å². The fourth-order valence-electron chi connectivity index (χ4n) is 2.34. The van der Waals surface area contributed by atoms with Crippen LogP contribution in [0, 0.1) is 0 Å². The molecule has 0 atom stereocenters. The number of halogens is 1. The van der Waals surface area contributed by atoms with Crippen molar-refractivity contribution >= 4 is 17.4 Å². The van der Waals surface area contributed by atoms with Crippen LogP contribution < -0.4 is 5.32 Å². The lowest BCUT2D eigenvalue weighted by Gasteiger charge is -2.07. The van der Waals surface area contributed by atoms with E-state index in [1.54, 1.807) is 9.36 Å². The molecule has 2 heterocycles. The number of anilines is 1. The Morgan fingerprint density at radius 2 is 2.04 bits per heavy atom. The second-order valence-corrected chi connectivity index (χ2v) is 5.68. The Balaban J connectivity index is 1.81. The number of rotatable bonds is 6. The van der Waals surface area contributed by atoms with E-state index in [1.165, 1.54) is 0 Å². The summed E-state index contributed by atoms with van der Waals surface area (Å²) in [6.45, 7) is 1.11. The molecule has 2 aromatic heterocycles. The molecule has 3 aromatic rings. The van der Waals surface area contributed by atoms with Gasteiger partial charge in [-0.1, -0.05) is 23.7 Å². The molecule has 0 saturated carbocycles. The third-order valence-electron chi connectivity index (χ3n) is 3.46. The molecule has 120 valence electrons. The van der Waals surface area contributed by atoms with Gasteiger partial charge in [-0.2, -0.15) is 10.2 Å². The molecule has 0 fully saturated rings. The Morgan fingerprint density at radius 3 is 2.70 bits per heavy atom. The van der Waals surface area contributed by atoms with Gasteiger partial charge >= 0.3 is 0 Å². The van der Waals surface area contributed by atoms with Crippen molar-refractivity contribution in [3.05, 3.63) is 53.3 Å². The average Bonchev–Trinajstić information content (AvgIpc) is 3.13. The molecule has 7 heteroatoms. The van der Waals surface area contributed by atoms with Gasteiger partial charge in [0.1, 0.15) is 5.82 Å². The van der Waals surface area contributed by atoms with E-state index in [0.29, 0.717) is 18.1 Å². The molecular weight excluding hydrogens is 314 g/mol. The lowest BCUT2D eigenvalue weighted by molar-refractivity contribution is 0.270. The van der Waals surface area contributed by atoms with Crippen LogP contribution in [0.2, 0.25) is 5.02 Å². The van der Waals surface area contributed by atoms with Gasteiger partial charge in [-0.05, 0) is 12.1 Å². The van der Waals surface area contributed by atoms with Crippen LogP contribution in [0.4, 0.5) is 5.82 Å². The lowest BCUT2D eigenvalue weighted by atomic mass is 10.1. The normalized spacial score (nSPS) is 10.9. The number of aryl methyl sites for hydroxylation is 1. The zero-order chi connectivity index (χ0) is 16.2. The van der Waals surface area contributed by atoms with Crippen molar-refractivity contribution in [3.63, 3.8) is 0 Å². The molecule has 2 N–H and O–H groups in total. The molecule has 0 aliphatic rings. The summed E-state index contributed by atoms with van der Waals surface area (Å²) in [6.07, 6.45) is 3.78. The molecule has 0 spiro atoms. The van der Waals surface area contributed by atoms with Crippen molar-refractivity contribution in [3.8, 4) is 11.3 Å². The molecule has 0 amide bonds. The number of nitrogens with zero attached hydrogens (tertiary/aromatic N) is 4. The molecule has 0 unspecified atom stereocenters. The molecule has 0 bridgehead atoms. The van der Waals surface area contributed by atoms with Crippen LogP contribution in [-0.4, -0.2) is 31.3 Å². The first-order chi connectivity index (χ1) is 11.2. The number of benzene rings is 1. The summed E-state index contributed by atoms with van der Waals surface area (Å²) in [6, 6.07) is 9.50. The summed E-state index contributed by atoms with van der Waals surface area (Å²) in [5.41, 5.74) is 2.90. The molecule has 1 aromatic carbocycles. The second kappa shape index (κ2) is 6.85. The van der Waals surface area contributed by atoms with Crippen LogP contribution in [0.5, 0.6) is 0 Å². The highest BCUT2D eigenvalue weighted by molar-refractivity contribution is 6.30. The standard InChI is InChI=1S/C16H18ClN5O/c1-21-11-12(10-19-21)9-18-16-8-15(20-22(16)6-7-23)13-2-4-14(17)5-3-13/h2-5,8,10-11,18,23H,6-7,9H2,1H3. The highest BCUT2D eigenvalue weighted by atomic mass is 35.5. The van der Waals surface area contributed by atoms with Crippen molar-refractivity contribution in [2.24, 2.45) is 7.05 Å². The van der Waals surface area contributed by atoms with Gasteiger partial charge in [-0.15, -0.1) is 0 Å². The Hall–Kier alpha value is -2.31. The fourth-order valence-corrected chi connectivity index (χ4v) is 2.47. The molecule has 0 saturated heterocycles. The molecule has 0 radical (unpaired) electrons. The predicted molar refractivity (Wildman–Crippen MR) is 90.3 cm³/mol. The number of aromatic nitrogens is 4. The Bertz CT molecular complexity index is 778. The SMILES string of the molecule is Cn1cc(CNc2cc(-c3ccc(Cl)cc3)nn2CCO)cn1. The summed E-state index contributed by atoms with van der Waals surface area (Å²) in [5, 5.41) is 22.0. The molecule has 6 nitrogen and oxygen atoms in total. The van der Waals surface area contributed by atoms with Crippen LogP contribution >= 0.6 is 11.6 Å². The summed E-state index contributed by atoms with van der Waals surface area (Å²) in [4.78, 5) is 0. The molecular formula is C16H18ClN5O. The highest BCUT2D eigenvalue weighted by Gasteiger charge is 2.09. The van der Waals surface area contributed by atoms with Gasteiger partial charge in [0, 0.05) is 42.0 Å². The van der Waals surface area contributed by atoms with Crippen molar-refractivity contribution in [1.82, 2.24) is 19.6 Å². The number of aliphatic hydroxyl groups is 1. The van der Waals surface area contributed by atoms with Gasteiger partial charge in [0.25, 0.3) is 0 Å². The van der Waals surface area contributed by atoms with Gasteiger partial charge in [0.05, 0.1) is 25.0 Å². The minimum Gasteiger partial charge on any atom is -0.394 e. The Morgan fingerprint density at radius 1 is 1.26 bits per heavy atom. The van der Waals surface area contributed by atoms with E-state index in [1.807, 2.05) is 49.8 Å². The third-order valence-corrected chi connectivity index (χ3v) is 3.72. The number of aliphatic hydroxyl groups excluding tert-OH is 1. The van der Waals surface area contributed by atoms with Gasteiger partial charge < -0.3 is 10.4 Å². The summed E-state index contributed by atoms with van der Waals surface area (Å²) >= 11 is 5.93. The van der Waals surface area contributed by atoms with E-state index in [4.69, 9.17) is 11.6 Å². The lowest BCUT2D eigenvalue weighted by Crippen LogP contribution is -2.10. The molecule has 3 rings (SSSR count). The van der Waals surface area contributed by atoms with E-state index >= 15 is 0 Å². The van der Waals surface area contributed by atoms with E-state index in [-0.39, 0.29) is 6.61 Å². The Labute approximate surface area is 139 Å². The monoisotopic (exact) mass is 331 g/mol. The first-order valence-electron chi connectivity index (χ1n) is 7.32. The zero-order valence-corrected chi connectivity index (χ0v) is 13.5. The van der Waals surface area contributed by atoms with Crippen molar-refractivity contribution in [2.45, 2.75) is 13.1 Å². The first kappa shape index (κ1) is 15.6. The Kier molecular flexibility index (Phi) is 4.64. The van der Waals surface area contributed by atoms with Crippen LogP contribution in [0.1, 0.15) is 5.56 Å². The van der Waals surface area contributed by atoms with E-state index in [0.717, 1.165) is 22.6 Å². The van der Waals surface area contributed by atoms with Crippen molar-refractivity contribution < 1.29 is 5.11 Å². The number of hydrogen-bond acceptors (Lipinski definition) is 4. The second-order valence-electron chi connectivity index (χ2n) is 5.24. The smallest absolute Gasteiger partial charge is 0.125 e. The number of hydrogen-bond donors (Lipinski definition) is 2. The van der Waals surface area contributed by atoms with Crippen LogP contribution in [0.25, 0.3) is 11.3 Å². The summed E-state index contributed by atoms with van der Waals surface area (Å²) in [7, 11) is 1.89.